The van der Waals surface area contributed by atoms with Crippen LogP contribution in [0.3, 0.4) is 0 Å². The second-order valence-corrected chi connectivity index (χ2v) is 8.65. The van der Waals surface area contributed by atoms with Crippen LogP contribution in [-0.2, 0) is 20.7 Å². The number of nitrogens with zero attached hydrogens (tertiary/aromatic N) is 2. The van der Waals surface area contributed by atoms with Gasteiger partial charge in [0.1, 0.15) is 6.04 Å². The lowest BCUT2D eigenvalue weighted by atomic mass is 9.85. The molecule has 0 spiro atoms. The Morgan fingerprint density at radius 1 is 1.09 bits per heavy atom. The zero-order chi connectivity index (χ0) is 22.2. The first-order chi connectivity index (χ1) is 15.6. The van der Waals surface area contributed by atoms with Crippen molar-refractivity contribution in [1.82, 2.24) is 14.8 Å². The minimum Gasteiger partial charge on any atom is -0.382 e. The van der Waals surface area contributed by atoms with Crippen molar-refractivity contribution in [2.24, 2.45) is 0 Å². The summed E-state index contributed by atoms with van der Waals surface area (Å²) < 4.78 is 5.43. The van der Waals surface area contributed by atoms with Gasteiger partial charge in [0.05, 0.1) is 12.6 Å². The molecule has 0 bridgehead atoms. The molecule has 0 saturated carbocycles. The highest BCUT2D eigenvalue weighted by molar-refractivity contribution is 5.97. The maximum absolute atomic E-state index is 13.6. The number of rotatable bonds is 6. The summed E-state index contributed by atoms with van der Waals surface area (Å²) >= 11 is 0. The molecule has 166 valence electrons. The first-order valence-electron chi connectivity index (χ1n) is 11.4. The maximum Gasteiger partial charge on any atom is 0.246 e. The third-order valence-corrected chi connectivity index (χ3v) is 6.75. The molecule has 6 nitrogen and oxygen atoms in total. The van der Waals surface area contributed by atoms with Crippen LogP contribution in [0, 0.1) is 6.92 Å². The molecule has 2 aliphatic rings. The standard InChI is InChI=1S/C26H29N3O3/c1-3-32-14-8-13-28-16-23(30)29-22(26(28)31)15-20-19-11-6-7-12-21(19)27-24(20)25(29)18-10-5-4-9-17(18)2/h4-7,9-12,22,25,27H,3,8,13-16H2,1-2H3. The summed E-state index contributed by atoms with van der Waals surface area (Å²) in [5.74, 6) is 0.0409. The summed E-state index contributed by atoms with van der Waals surface area (Å²) in [6, 6.07) is 15.6. The molecule has 0 radical (unpaired) electrons. The van der Waals surface area contributed by atoms with Crippen molar-refractivity contribution in [3.05, 3.63) is 70.9 Å². The summed E-state index contributed by atoms with van der Waals surface area (Å²) in [5.41, 5.74) is 5.40. The SMILES string of the molecule is CCOCCCN1CC(=O)N2C(Cc3c([nH]c4ccccc34)C2c2ccccc2C)C1=O. The van der Waals surface area contributed by atoms with Gasteiger partial charge in [0.25, 0.3) is 0 Å². The number of hydrogen-bond acceptors (Lipinski definition) is 3. The van der Waals surface area contributed by atoms with Gasteiger partial charge in [0.15, 0.2) is 0 Å². The monoisotopic (exact) mass is 431 g/mol. The fourth-order valence-electron chi connectivity index (χ4n) is 5.23. The molecule has 2 atom stereocenters. The zero-order valence-corrected chi connectivity index (χ0v) is 18.6. The first-order valence-corrected chi connectivity index (χ1v) is 11.4. The van der Waals surface area contributed by atoms with E-state index in [1.165, 1.54) is 0 Å². The molecule has 5 rings (SSSR count). The van der Waals surface area contributed by atoms with Crippen LogP contribution in [0.1, 0.15) is 41.8 Å². The van der Waals surface area contributed by atoms with E-state index in [4.69, 9.17) is 4.74 Å². The van der Waals surface area contributed by atoms with Crippen LogP contribution in [0.15, 0.2) is 48.5 Å². The number of H-pyrrole nitrogens is 1. The van der Waals surface area contributed by atoms with Crippen molar-refractivity contribution in [2.75, 3.05) is 26.3 Å². The molecule has 2 aromatic carbocycles. The molecule has 1 aromatic heterocycles. The Hall–Kier alpha value is -3.12. The number of carbonyl (C=O) groups is 2. The number of aromatic amines is 1. The molecule has 2 aliphatic heterocycles. The van der Waals surface area contributed by atoms with Crippen molar-refractivity contribution >= 4 is 22.7 Å². The van der Waals surface area contributed by atoms with E-state index in [1.807, 2.05) is 36.1 Å². The normalized spacial score (nSPS) is 20.6. The molecular weight excluding hydrogens is 402 g/mol. The highest BCUT2D eigenvalue weighted by Gasteiger charge is 2.48. The van der Waals surface area contributed by atoms with E-state index < -0.39 is 6.04 Å². The van der Waals surface area contributed by atoms with E-state index >= 15 is 0 Å². The summed E-state index contributed by atoms with van der Waals surface area (Å²) in [5, 5.41) is 1.13. The van der Waals surface area contributed by atoms with Crippen molar-refractivity contribution in [2.45, 2.75) is 38.8 Å². The number of benzene rings is 2. The van der Waals surface area contributed by atoms with Crippen LogP contribution in [0.25, 0.3) is 10.9 Å². The van der Waals surface area contributed by atoms with Gasteiger partial charge < -0.3 is 19.5 Å². The largest absolute Gasteiger partial charge is 0.382 e. The summed E-state index contributed by atoms with van der Waals surface area (Å²) in [6.07, 6.45) is 1.27. The van der Waals surface area contributed by atoms with Crippen molar-refractivity contribution < 1.29 is 14.3 Å². The van der Waals surface area contributed by atoms with Crippen LogP contribution in [-0.4, -0.2) is 58.9 Å². The van der Waals surface area contributed by atoms with Gasteiger partial charge >= 0.3 is 0 Å². The number of aromatic nitrogens is 1. The molecule has 1 saturated heterocycles. The van der Waals surface area contributed by atoms with E-state index in [9.17, 15) is 9.59 Å². The molecule has 6 heteroatoms. The Bertz CT molecular complexity index is 1170. The molecule has 3 heterocycles. The highest BCUT2D eigenvalue weighted by Crippen LogP contribution is 2.43. The number of amides is 2. The van der Waals surface area contributed by atoms with E-state index in [2.05, 4.69) is 36.2 Å². The van der Waals surface area contributed by atoms with Crippen molar-refractivity contribution in [3.63, 3.8) is 0 Å². The smallest absolute Gasteiger partial charge is 0.246 e. The lowest BCUT2D eigenvalue weighted by Gasteiger charge is -2.47. The van der Waals surface area contributed by atoms with Crippen LogP contribution < -0.4 is 0 Å². The minimum atomic E-state index is -0.486. The van der Waals surface area contributed by atoms with Crippen LogP contribution in [0.4, 0.5) is 0 Å². The highest BCUT2D eigenvalue weighted by atomic mass is 16.5. The number of aryl methyl sites for hydroxylation is 1. The number of ether oxygens (including phenoxy) is 1. The molecule has 2 amide bonds. The predicted molar refractivity (Wildman–Crippen MR) is 123 cm³/mol. The van der Waals surface area contributed by atoms with Gasteiger partial charge in [0.2, 0.25) is 11.8 Å². The number of nitrogens with one attached hydrogen (secondary N) is 1. The Morgan fingerprint density at radius 3 is 2.69 bits per heavy atom. The van der Waals surface area contributed by atoms with Gasteiger partial charge in [-0.2, -0.15) is 0 Å². The number of hydrogen-bond donors (Lipinski definition) is 1. The van der Waals surface area contributed by atoms with E-state index in [0.29, 0.717) is 26.2 Å². The fraction of sp³-hybridized carbons (Fsp3) is 0.385. The van der Waals surface area contributed by atoms with Crippen molar-refractivity contribution in [3.8, 4) is 0 Å². The lowest BCUT2D eigenvalue weighted by molar-refractivity contribution is -0.158. The van der Waals surface area contributed by atoms with Gasteiger partial charge in [-0.15, -0.1) is 0 Å². The topological polar surface area (TPSA) is 65.6 Å². The van der Waals surface area contributed by atoms with Gasteiger partial charge in [0, 0.05) is 42.8 Å². The second kappa shape index (κ2) is 8.43. The average molecular weight is 432 g/mol. The third kappa shape index (κ3) is 3.39. The molecule has 1 fully saturated rings. The fourth-order valence-corrected chi connectivity index (χ4v) is 5.23. The Labute approximate surface area is 188 Å². The lowest BCUT2D eigenvalue weighted by Crippen LogP contribution is -2.63. The van der Waals surface area contributed by atoms with E-state index in [-0.39, 0.29) is 24.4 Å². The Balaban J connectivity index is 1.58. The number of piperazine rings is 1. The molecule has 1 N–H and O–H groups in total. The zero-order valence-electron chi connectivity index (χ0n) is 18.6. The number of para-hydroxylation sites is 1. The average Bonchev–Trinajstić information content (AvgIpc) is 3.17. The predicted octanol–water partition coefficient (Wildman–Crippen LogP) is 3.59. The quantitative estimate of drug-likeness (QED) is 0.607. The van der Waals surface area contributed by atoms with Crippen LogP contribution in [0.2, 0.25) is 0 Å². The minimum absolute atomic E-state index is 0.00330. The van der Waals surface area contributed by atoms with E-state index in [0.717, 1.165) is 39.7 Å². The van der Waals surface area contributed by atoms with Gasteiger partial charge in [-0.1, -0.05) is 42.5 Å². The van der Waals surface area contributed by atoms with Gasteiger partial charge in [-0.3, -0.25) is 9.59 Å². The Kier molecular flexibility index (Phi) is 5.47. The molecule has 3 aromatic rings. The van der Waals surface area contributed by atoms with Crippen molar-refractivity contribution in [1.29, 1.82) is 0 Å². The molecule has 32 heavy (non-hydrogen) atoms. The first kappa shape index (κ1) is 20.8. The molecule has 2 unspecified atom stereocenters. The van der Waals surface area contributed by atoms with Crippen LogP contribution >= 0.6 is 0 Å². The van der Waals surface area contributed by atoms with Gasteiger partial charge in [-0.05, 0) is 43.0 Å². The summed E-state index contributed by atoms with van der Waals surface area (Å²) in [6.45, 7) is 5.95. The van der Waals surface area contributed by atoms with Crippen LogP contribution in [0.5, 0.6) is 0 Å². The molecular formula is C26H29N3O3. The third-order valence-electron chi connectivity index (χ3n) is 6.75. The van der Waals surface area contributed by atoms with Gasteiger partial charge in [-0.25, -0.2) is 0 Å². The summed E-state index contributed by atoms with van der Waals surface area (Å²) in [7, 11) is 0. The van der Waals surface area contributed by atoms with E-state index in [1.54, 1.807) is 4.90 Å². The second-order valence-electron chi connectivity index (χ2n) is 8.65. The Morgan fingerprint density at radius 2 is 1.88 bits per heavy atom. The molecule has 0 aliphatic carbocycles. The number of carbonyl (C=O) groups excluding carboxylic acids is 2. The number of fused-ring (bicyclic) bond motifs is 4. The summed E-state index contributed by atoms with van der Waals surface area (Å²) in [4.78, 5) is 34.2. The maximum atomic E-state index is 13.6.